The molecule has 0 atom stereocenters. The highest BCUT2D eigenvalue weighted by Gasteiger charge is 2.40. The third kappa shape index (κ3) is 3.94. The van der Waals surface area contributed by atoms with Gasteiger partial charge in [-0.2, -0.15) is 0 Å². The molecule has 2 amide bonds. The second-order valence-corrected chi connectivity index (χ2v) is 8.30. The molecule has 1 aliphatic heterocycles. The van der Waals surface area contributed by atoms with Gasteiger partial charge in [0.25, 0.3) is 11.8 Å². The van der Waals surface area contributed by atoms with Gasteiger partial charge in [0.15, 0.2) is 0 Å². The predicted octanol–water partition coefficient (Wildman–Crippen LogP) is 5.45. The highest BCUT2D eigenvalue weighted by atomic mass is 19.1. The molecule has 0 saturated carbocycles. The number of hydrogen-bond donors (Lipinski definition) is 1. The van der Waals surface area contributed by atoms with Crippen LogP contribution in [-0.4, -0.2) is 16.7 Å². The van der Waals surface area contributed by atoms with Crippen LogP contribution in [0.1, 0.15) is 33.4 Å². The molecule has 4 nitrogen and oxygen atoms in total. The maximum atomic E-state index is 14.3. The Balaban J connectivity index is 1.82. The Kier molecular flexibility index (Phi) is 5.66. The summed E-state index contributed by atoms with van der Waals surface area (Å²) in [6.45, 7) is 7.68. The van der Waals surface area contributed by atoms with Gasteiger partial charge in [0, 0.05) is 11.3 Å². The molecule has 0 saturated heterocycles. The monoisotopic (exact) mass is 428 g/mol. The number of aryl methyl sites for hydroxylation is 4. The van der Waals surface area contributed by atoms with Gasteiger partial charge < -0.3 is 5.32 Å². The van der Waals surface area contributed by atoms with Crippen molar-refractivity contribution in [3.63, 3.8) is 0 Å². The minimum atomic E-state index is -0.464. The fraction of sp³-hybridized carbons (Fsp3) is 0.185. The van der Waals surface area contributed by atoms with Crippen molar-refractivity contribution in [2.24, 2.45) is 0 Å². The van der Waals surface area contributed by atoms with Crippen LogP contribution >= 0.6 is 0 Å². The zero-order valence-electron chi connectivity index (χ0n) is 18.6. The Morgan fingerprint density at radius 1 is 0.812 bits per heavy atom. The number of carbonyl (C=O) groups excluding carboxylic acids is 2. The SMILES string of the molecule is Cc1ccc(C2=C(Nc3cc(C)ccc3C)C(=O)N(Cc3ccccc3F)C2=O)c(C)c1. The highest BCUT2D eigenvalue weighted by molar-refractivity contribution is 6.36. The highest BCUT2D eigenvalue weighted by Crippen LogP contribution is 2.34. The van der Waals surface area contributed by atoms with Crippen molar-refractivity contribution in [1.82, 2.24) is 4.90 Å². The molecule has 0 radical (unpaired) electrons. The Morgan fingerprint density at radius 3 is 2.22 bits per heavy atom. The van der Waals surface area contributed by atoms with E-state index < -0.39 is 17.6 Å². The van der Waals surface area contributed by atoms with E-state index >= 15 is 0 Å². The van der Waals surface area contributed by atoms with Gasteiger partial charge in [0.2, 0.25) is 0 Å². The zero-order chi connectivity index (χ0) is 23.0. The number of hydrogen-bond acceptors (Lipinski definition) is 3. The molecule has 0 unspecified atom stereocenters. The number of benzene rings is 3. The first-order valence-electron chi connectivity index (χ1n) is 10.5. The molecule has 0 bridgehead atoms. The van der Waals surface area contributed by atoms with Crippen LogP contribution in [0.5, 0.6) is 0 Å². The standard InChI is InChI=1S/C27H25FN2O2/c1-16-10-12-21(19(4)13-16)24-25(29-23-14-17(2)9-11-18(23)3)27(32)30(26(24)31)15-20-7-5-6-8-22(20)28/h5-14,29H,15H2,1-4H3. The molecule has 0 fully saturated rings. The fourth-order valence-electron chi connectivity index (χ4n) is 3.98. The van der Waals surface area contributed by atoms with E-state index in [2.05, 4.69) is 5.32 Å². The Labute approximate surface area is 187 Å². The van der Waals surface area contributed by atoms with E-state index in [9.17, 15) is 14.0 Å². The summed E-state index contributed by atoms with van der Waals surface area (Å²) in [5, 5.41) is 3.22. The molecule has 1 heterocycles. The second-order valence-electron chi connectivity index (χ2n) is 8.30. The Morgan fingerprint density at radius 2 is 1.50 bits per heavy atom. The van der Waals surface area contributed by atoms with E-state index in [0.29, 0.717) is 16.7 Å². The van der Waals surface area contributed by atoms with Gasteiger partial charge in [0.1, 0.15) is 11.5 Å². The van der Waals surface area contributed by atoms with Crippen molar-refractivity contribution in [2.75, 3.05) is 5.32 Å². The number of nitrogens with zero attached hydrogens (tertiary/aromatic N) is 1. The van der Waals surface area contributed by atoms with Crippen molar-refractivity contribution < 1.29 is 14.0 Å². The fourth-order valence-corrected chi connectivity index (χ4v) is 3.98. The lowest BCUT2D eigenvalue weighted by Crippen LogP contribution is -2.32. The van der Waals surface area contributed by atoms with E-state index in [1.807, 2.05) is 64.1 Å². The van der Waals surface area contributed by atoms with Crippen LogP contribution in [0.3, 0.4) is 0 Å². The zero-order valence-corrected chi connectivity index (χ0v) is 18.6. The number of imide groups is 1. The lowest BCUT2D eigenvalue weighted by molar-refractivity contribution is -0.137. The maximum absolute atomic E-state index is 14.3. The van der Waals surface area contributed by atoms with Crippen molar-refractivity contribution in [1.29, 1.82) is 0 Å². The number of halogens is 1. The summed E-state index contributed by atoms with van der Waals surface area (Å²) in [7, 11) is 0. The number of anilines is 1. The Bertz CT molecular complexity index is 1280. The summed E-state index contributed by atoms with van der Waals surface area (Å²) in [6, 6.07) is 17.9. The number of rotatable bonds is 5. The molecule has 0 aliphatic carbocycles. The maximum Gasteiger partial charge on any atom is 0.278 e. The van der Waals surface area contributed by atoms with Crippen LogP contribution < -0.4 is 5.32 Å². The average Bonchev–Trinajstić information content (AvgIpc) is 2.97. The summed E-state index contributed by atoms with van der Waals surface area (Å²) in [5.74, 6) is -1.34. The molecular weight excluding hydrogens is 403 g/mol. The molecular formula is C27H25FN2O2. The molecule has 4 rings (SSSR count). The van der Waals surface area contributed by atoms with E-state index in [1.54, 1.807) is 18.2 Å². The normalized spacial score (nSPS) is 13.8. The molecule has 5 heteroatoms. The van der Waals surface area contributed by atoms with Crippen LogP contribution in [0.25, 0.3) is 5.57 Å². The van der Waals surface area contributed by atoms with Crippen LogP contribution in [0.15, 0.2) is 66.4 Å². The first-order chi connectivity index (χ1) is 15.3. The Hall–Kier alpha value is -3.73. The predicted molar refractivity (Wildman–Crippen MR) is 124 cm³/mol. The van der Waals surface area contributed by atoms with E-state index in [4.69, 9.17) is 0 Å². The van der Waals surface area contributed by atoms with E-state index in [1.165, 1.54) is 6.07 Å². The summed E-state index contributed by atoms with van der Waals surface area (Å²) in [6.07, 6.45) is 0. The lowest BCUT2D eigenvalue weighted by atomic mass is 9.97. The molecule has 32 heavy (non-hydrogen) atoms. The van der Waals surface area contributed by atoms with Crippen molar-refractivity contribution >= 4 is 23.1 Å². The first-order valence-corrected chi connectivity index (χ1v) is 10.5. The molecule has 1 N–H and O–H groups in total. The second kappa shape index (κ2) is 8.42. The molecule has 0 aromatic heterocycles. The third-order valence-corrected chi connectivity index (χ3v) is 5.76. The largest absolute Gasteiger partial charge is 0.350 e. The first kappa shape index (κ1) is 21.5. The smallest absolute Gasteiger partial charge is 0.278 e. The van der Waals surface area contributed by atoms with Gasteiger partial charge in [-0.1, -0.05) is 54.1 Å². The van der Waals surface area contributed by atoms with E-state index in [0.717, 1.165) is 32.8 Å². The van der Waals surface area contributed by atoms with Crippen molar-refractivity contribution in [2.45, 2.75) is 34.2 Å². The van der Waals surface area contributed by atoms with Crippen LogP contribution in [0.2, 0.25) is 0 Å². The van der Waals surface area contributed by atoms with Crippen molar-refractivity contribution in [3.8, 4) is 0 Å². The molecule has 3 aromatic carbocycles. The van der Waals surface area contributed by atoms with Gasteiger partial charge in [-0.3, -0.25) is 14.5 Å². The topological polar surface area (TPSA) is 49.4 Å². The average molecular weight is 429 g/mol. The van der Waals surface area contributed by atoms with Gasteiger partial charge in [-0.25, -0.2) is 4.39 Å². The van der Waals surface area contributed by atoms with Crippen molar-refractivity contribution in [3.05, 3.63) is 106 Å². The minimum Gasteiger partial charge on any atom is -0.350 e. The van der Waals surface area contributed by atoms with Crippen LogP contribution in [0.4, 0.5) is 10.1 Å². The van der Waals surface area contributed by atoms with Gasteiger partial charge in [-0.15, -0.1) is 0 Å². The van der Waals surface area contributed by atoms with E-state index in [-0.39, 0.29) is 12.2 Å². The minimum absolute atomic E-state index is 0.128. The number of amides is 2. The molecule has 1 aliphatic rings. The van der Waals surface area contributed by atoms with Crippen LogP contribution in [0, 0.1) is 33.5 Å². The quantitative estimate of drug-likeness (QED) is 0.550. The number of nitrogens with one attached hydrogen (secondary N) is 1. The molecule has 162 valence electrons. The van der Waals surface area contributed by atoms with Gasteiger partial charge in [0.05, 0.1) is 12.1 Å². The summed E-state index contributed by atoms with van der Waals surface area (Å²) >= 11 is 0. The third-order valence-electron chi connectivity index (χ3n) is 5.76. The van der Waals surface area contributed by atoms with Crippen LogP contribution in [-0.2, 0) is 16.1 Å². The van der Waals surface area contributed by atoms with Gasteiger partial charge in [-0.05, 0) is 62.1 Å². The molecule has 0 spiro atoms. The lowest BCUT2D eigenvalue weighted by Gasteiger charge is -2.16. The number of carbonyl (C=O) groups is 2. The molecule has 3 aromatic rings. The summed E-state index contributed by atoms with van der Waals surface area (Å²) < 4.78 is 14.3. The summed E-state index contributed by atoms with van der Waals surface area (Å²) in [5.41, 5.74) is 6.22. The van der Waals surface area contributed by atoms with Gasteiger partial charge >= 0.3 is 0 Å². The summed E-state index contributed by atoms with van der Waals surface area (Å²) in [4.78, 5) is 28.1.